The summed E-state index contributed by atoms with van der Waals surface area (Å²) in [7, 11) is 0. The molecule has 1 aromatic carbocycles. The fourth-order valence-corrected chi connectivity index (χ4v) is 2.85. The number of thiazole rings is 1. The molecule has 0 atom stereocenters. The van der Waals surface area contributed by atoms with Crippen molar-refractivity contribution in [2.75, 3.05) is 0 Å². The van der Waals surface area contributed by atoms with E-state index in [4.69, 9.17) is 9.52 Å². The zero-order chi connectivity index (χ0) is 14.1. The molecule has 5 heteroatoms. The Kier molecular flexibility index (Phi) is 3.12. The maximum Gasteiger partial charge on any atom is 0.335 e. The van der Waals surface area contributed by atoms with Crippen LogP contribution in [0.25, 0.3) is 21.8 Å². The summed E-state index contributed by atoms with van der Waals surface area (Å²) < 4.78 is 5.27. The lowest BCUT2D eigenvalue weighted by atomic mass is 10.1. The summed E-state index contributed by atoms with van der Waals surface area (Å²) in [6, 6.07) is 8.66. The van der Waals surface area contributed by atoms with Crippen molar-refractivity contribution >= 4 is 17.3 Å². The molecular formula is C15H11NO3S. The fourth-order valence-electron chi connectivity index (χ4n) is 1.95. The number of rotatable bonds is 3. The Labute approximate surface area is 119 Å². The number of carboxylic acids is 1. The van der Waals surface area contributed by atoms with Gasteiger partial charge in [0, 0.05) is 10.9 Å². The number of hydrogen-bond acceptors (Lipinski definition) is 4. The first-order valence-corrected chi connectivity index (χ1v) is 6.87. The van der Waals surface area contributed by atoms with Gasteiger partial charge in [-0.3, -0.25) is 0 Å². The van der Waals surface area contributed by atoms with Gasteiger partial charge in [-0.15, -0.1) is 11.3 Å². The van der Waals surface area contributed by atoms with Gasteiger partial charge < -0.3 is 9.52 Å². The number of hydrogen-bond donors (Lipinski definition) is 1. The first-order valence-electron chi connectivity index (χ1n) is 5.99. The fraction of sp³-hybridized carbons (Fsp3) is 0.0667. The normalized spacial score (nSPS) is 10.7. The smallest absolute Gasteiger partial charge is 0.335 e. The number of nitrogens with zero attached hydrogens (tertiary/aromatic N) is 1. The summed E-state index contributed by atoms with van der Waals surface area (Å²) >= 11 is 1.51. The highest BCUT2D eigenvalue weighted by Crippen LogP contribution is 2.31. The van der Waals surface area contributed by atoms with E-state index >= 15 is 0 Å². The molecule has 3 aromatic rings. The van der Waals surface area contributed by atoms with Crippen LogP contribution >= 0.6 is 11.3 Å². The minimum absolute atomic E-state index is 0.261. The lowest BCUT2D eigenvalue weighted by Gasteiger charge is -1.99. The molecule has 0 aliphatic heterocycles. The summed E-state index contributed by atoms with van der Waals surface area (Å²) in [5.41, 5.74) is 2.80. The lowest BCUT2D eigenvalue weighted by molar-refractivity contribution is 0.0697. The average molecular weight is 285 g/mol. The first kappa shape index (κ1) is 12.6. The Morgan fingerprint density at radius 1 is 1.35 bits per heavy atom. The molecule has 0 unspecified atom stereocenters. The number of carboxylic acid groups (broad SMARTS) is 1. The molecule has 0 aliphatic rings. The summed E-state index contributed by atoms with van der Waals surface area (Å²) in [5, 5.41) is 11.8. The second-order valence-corrected chi connectivity index (χ2v) is 5.17. The molecule has 2 aromatic heterocycles. The highest BCUT2D eigenvalue weighted by Gasteiger charge is 2.11. The third kappa shape index (κ3) is 2.23. The van der Waals surface area contributed by atoms with Crippen LogP contribution in [0.2, 0.25) is 0 Å². The minimum atomic E-state index is -0.937. The van der Waals surface area contributed by atoms with Crippen molar-refractivity contribution in [2.24, 2.45) is 0 Å². The van der Waals surface area contributed by atoms with Gasteiger partial charge in [0.25, 0.3) is 0 Å². The average Bonchev–Trinajstić information content (AvgIpc) is 3.07. The van der Waals surface area contributed by atoms with E-state index in [0.717, 1.165) is 27.6 Å². The van der Waals surface area contributed by atoms with E-state index in [0.29, 0.717) is 0 Å². The topological polar surface area (TPSA) is 63.3 Å². The second kappa shape index (κ2) is 4.94. The highest BCUT2D eigenvalue weighted by molar-refractivity contribution is 7.13. The van der Waals surface area contributed by atoms with Gasteiger partial charge in [0.15, 0.2) is 0 Å². The van der Waals surface area contributed by atoms with E-state index in [9.17, 15) is 4.79 Å². The standard InChI is InChI=1S/C15H11NO3S/c1-9-12(5-6-19-9)14-16-13(8-20-14)10-3-2-4-11(7-10)15(17)18/h2-8H,1H3,(H,17,18). The van der Waals surface area contributed by atoms with Crippen molar-refractivity contribution in [3.63, 3.8) is 0 Å². The molecule has 2 heterocycles. The first-order chi connectivity index (χ1) is 9.65. The molecule has 0 saturated carbocycles. The second-order valence-electron chi connectivity index (χ2n) is 4.31. The van der Waals surface area contributed by atoms with Crippen LogP contribution in [0, 0.1) is 6.92 Å². The molecule has 20 heavy (non-hydrogen) atoms. The number of carbonyl (C=O) groups is 1. The van der Waals surface area contributed by atoms with Crippen LogP contribution < -0.4 is 0 Å². The molecule has 4 nitrogen and oxygen atoms in total. The number of aryl methyl sites for hydroxylation is 1. The number of furan rings is 1. The van der Waals surface area contributed by atoms with E-state index in [2.05, 4.69) is 4.98 Å². The molecule has 0 saturated heterocycles. The van der Waals surface area contributed by atoms with Crippen LogP contribution in [0.15, 0.2) is 46.4 Å². The Bertz CT molecular complexity index is 773. The zero-order valence-electron chi connectivity index (χ0n) is 10.7. The van der Waals surface area contributed by atoms with E-state index in [1.807, 2.05) is 24.4 Å². The van der Waals surface area contributed by atoms with Gasteiger partial charge in [-0.25, -0.2) is 9.78 Å². The van der Waals surface area contributed by atoms with Gasteiger partial charge >= 0.3 is 5.97 Å². The van der Waals surface area contributed by atoms with Crippen LogP contribution in [-0.2, 0) is 0 Å². The lowest BCUT2D eigenvalue weighted by Crippen LogP contribution is -1.95. The third-order valence-corrected chi connectivity index (χ3v) is 3.87. The van der Waals surface area contributed by atoms with Crippen molar-refractivity contribution in [1.29, 1.82) is 0 Å². The summed E-state index contributed by atoms with van der Waals surface area (Å²) in [5.74, 6) is -0.113. The zero-order valence-corrected chi connectivity index (χ0v) is 11.5. The predicted octanol–water partition coefficient (Wildman–Crippen LogP) is 4.08. The molecule has 100 valence electrons. The molecule has 3 rings (SSSR count). The molecule has 0 spiro atoms. The van der Waals surface area contributed by atoms with Crippen molar-refractivity contribution < 1.29 is 14.3 Å². The van der Waals surface area contributed by atoms with Gasteiger partial charge in [0.1, 0.15) is 10.8 Å². The van der Waals surface area contributed by atoms with Crippen LogP contribution in [0.1, 0.15) is 16.1 Å². The summed E-state index contributed by atoms with van der Waals surface area (Å²) in [6.45, 7) is 1.89. The van der Waals surface area contributed by atoms with Crippen molar-refractivity contribution in [2.45, 2.75) is 6.92 Å². The van der Waals surface area contributed by atoms with Crippen molar-refractivity contribution in [1.82, 2.24) is 4.98 Å². The summed E-state index contributed by atoms with van der Waals surface area (Å²) in [4.78, 5) is 15.5. The third-order valence-electron chi connectivity index (χ3n) is 3.00. The molecule has 0 radical (unpaired) electrons. The molecule has 0 bridgehead atoms. The number of benzene rings is 1. The molecular weight excluding hydrogens is 274 g/mol. The van der Waals surface area contributed by atoms with Gasteiger partial charge in [-0.2, -0.15) is 0 Å². The van der Waals surface area contributed by atoms with Gasteiger partial charge in [0.05, 0.1) is 23.1 Å². The van der Waals surface area contributed by atoms with Gasteiger partial charge in [-0.1, -0.05) is 12.1 Å². The van der Waals surface area contributed by atoms with E-state index < -0.39 is 5.97 Å². The van der Waals surface area contributed by atoms with Gasteiger partial charge in [-0.05, 0) is 25.1 Å². The Morgan fingerprint density at radius 2 is 2.20 bits per heavy atom. The predicted molar refractivity (Wildman–Crippen MR) is 76.9 cm³/mol. The van der Waals surface area contributed by atoms with Gasteiger partial charge in [0.2, 0.25) is 0 Å². The summed E-state index contributed by atoms with van der Waals surface area (Å²) in [6.07, 6.45) is 1.64. The van der Waals surface area contributed by atoms with Crippen LogP contribution in [-0.4, -0.2) is 16.1 Å². The molecule has 0 amide bonds. The quantitative estimate of drug-likeness (QED) is 0.787. The van der Waals surface area contributed by atoms with E-state index in [-0.39, 0.29) is 5.56 Å². The van der Waals surface area contributed by atoms with Crippen LogP contribution in [0.3, 0.4) is 0 Å². The molecule has 0 fully saturated rings. The Morgan fingerprint density at radius 3 is 2.90 bits per heavy atom. The SMILES string of the molecule is Cc1occc1-c1nc(-c2cccc(C(=O)O)c2)cs1. The van der Waals surface area contributed by atoms with Crippen LogP contribution in [0.4, 0.5) is 0 Å². The number of aromatic carboxylic acids is 1. The monoisotopic (exact) mass is 285 g/mol. The maximum absolute atomic E-state index is 11.0. The Balaban J connectivity index is 2.00. The van der Waals surface area contributed by atoms with Crippen molar-refractivity contribution in [3.8, 4) is 21.8 Å². The molecule has 0 aliphatic carbocycles. The number of aromatic nitrogens is 1. The van der Waals surface area contributed by atoms with E-state index in [1.54, 1.807) is 24.5 Å². The Hall–Kier alpha value is -2.40. The maximum atomic E-state index is 11.0. The largest absolute Gasteiger partial charge is 0.478 e. The highest BCUT2D eigenvalue weighted by atomic mass is 32.1. The van der Waals surface area contributed by atoms with Crippen LogP contribution in [0.5, 0.6) is 0 Å². The minimum Gasteiger partial charge on any atom is -0.478 e. The molecule has 1 N–H and O–H groups in total. The van der Waals surface area contributed by atoms with Crippen molar-refractivity contribution in [3.05, 3.63) is 53.3 Å². The van der Waals surface area contributed by atoms with E-state index in [1.165, 1.54) is 11.3 Å².